The van der Waals surface area contributed by atoms with Gasteiger partial charge >= 0.3 is 12.6 Å². The lowest BCUT2D eigenvalue weighted by Crippen LogP contribution is -2.36. The first-order valence-electron chi connectivity index (χ1n) is 7.93. The van der Waals surface area contributed by atoms with Crippen molar-refractivity contribution in [1.29, 1.82) is 0 Å². The Morgan fingerprint density at radius 1 is 1.36 bits per heavy atom. The van der Waals surface area contributed by atoms with E-state index in [1.165, 1.54) is 12.1 Å². The van der Waals surface area contributed by atoms with Crippen LogP contribution < -0.4 is 15.4 Å². The summed E-state index contributed by atoms with van der Waals surface area (Å²) in [6.07, 6.45) is 2.15. The van der Waals surface area contributed by atoms with E-state index in [9.17, 15) is 13.6 Å². The summed E-state index contributed by atoms with van der Waals surface area (Å²) < 4.78 is 33.6. The third-order valence-corrected chi connectivity index (χ3v) is 3.78. The van der Waals surface area contributed by atoms with Crippen LogP contribution in [0.15, 0.2) is 28.8 Å². The van der Waals surface area contributed by atoms with Gasteiger partial charge in [-0.25, -0.2) is 4.79 Å². The van der Waals surface area contributed by atoms with Gasteiger partial charge in [0.15, 0.2) is 5.82 Å². The minimum absolute atomic E-state index is 0.0678. The normalized spacial score (nSPS) is 15.0. The molecule has 0 saturated heterocycles. The number of rotatable bonds is 7. The molecule has 134 valence electrons. The fraction of sp³-hybridized carbons (Fsp3) is 0.438. The van der Waals surface area contributed by atoms with Gasteiger partial charge in [0.25, 0.3) is 0 Å². The monoisotopic (exact) mass is 352 g/mol. The Labute approximate surface area is 142 Å². The van der Waals surface area contributed by atoms with Crippen LogP contribution in [-0.2, 0) is 6.54 Å². The highest BCUT2D eigenvalue weighted by atomic mass is 19.3. The fourth-order valence-corrected chi connectivity index (χ4v) is 2.27. The number of ether oxygens (including phenoxy) is 1. The predicted molar refractivity (Wildman–Crippen MR) is 83.1 cm³/mol. The van der Waals surface area contributed by atoms with Crippen LogP contribution in [0, 0.1) is 0 Å². The Morgan fingerprint density at radius 2 is 2.08 bits per heavy atom. The number of aromatic nitrogens is 2. The van der Waals surface area contributed by atoms with Crippen LogP contribution in [0.5, 0.6) is 5.75 Å². The molecule has 1 aliphatic carbocycles. The molecule has 1 aromatic heterocycles. The number of carbonyl (C=O) groups excluding carboxylic acids is 1. The molecule has 1 aromatic carbocycles. The van der Waals surface area contributed by atoms with Gasteiger partial charge in [-0.3, -0.25) is 0 Å². The quantitative estimate of drug-likeness (QED) is 0.799. The highest BCUT2D eigenvalue weighted by molar-refractivity contribution is 5.74. The molecule has 0 radical (unpaired) electrons. The van der Waals surface area contributed by atoms with Gasteiger partial charge in [-0.15, -0.1) is 0 Å². The first-order chi connectivity index (χ1) is 12.0. The van der Waals surface area contributed by atoms with E-state index in [4.69, 9.17) is 4.52 Å². The van der Waals surface area contributed by atoms with E-state index >= 15 is 0 Å². The molecule has 0 aliphatic heterocycles. The van der Waals surface area contributed by atoms with Crippen molar-refractivity contribution < 1.29 is 22.8 Å². The summed E-state index contributed by atoms with van der Waals surface area (Å²) >= 11 is 0. The van der Waals surface area contributed by atoms with Crippen LogP contribution in [0.4, 0.5) is 13.6 Å². The zero-order valence-electron chi connectivity index (χ0n) is 13.5. The number of amides is 2. The molecular formula is C16H18F2N4O3. The van der Waals surface area contributed by atoms with Gasteiger partial charge in [0.05, 0.1) is 12.6 Å². The maximum Gasteiger partial charge on any atom is 0.387 e. The van der Waals surface area contributed by atoms with E-state index in [0.29, 0.717) is 17.6 Å². The lowest BCUT2D eigenvalue weighted by atomic mass is 10.1. The molecule has 25 heavy (non-hydrogen) atoms. The van der Waals surface area contributed by atoms with Gasteiger partial charge in [0, 0.05) is 5.92 Å². The summed E-state index contributed by atoms with van der Waals surface area (Å²) in [5, 5.41) is 9.25. The molecule has 1 fully saturated rings. The average Bonchev–Trinajstić information content (AvgIpc) is 3.31. The van der Waals surface area contributed by atoms with Gasteiger partial charge in [0.1, 0.15) is 5.75 Å². The first kappa shape index (κ1) is 17.1. The molecule has 9 heteroatoms. The van der Waals surface area contributed by atoms with Gasteiger partial charge in [-0.2, -0.15) is 13.8 Å². The Balaban J connectivity index is 1.46. The van der Waals surface area contributed by atoms with Crippen molar-refractivity contribution in [1.82, 2.24) is 20.8 Å². The van der Waals surface area contributed by atoms with Crippen molar-refractivity contribution in [3.05, 3.63) is 41.5 Å². The third kappa shape index (κ3) is 4.88. The Bertz CT molecular complexity index is 716. The van der Waals surface area contributed by atoms with E-state index in [1.807, 2.05) is 0 Å². The van der Waals surface area contributed by atoms with Crippen molar-refractivity contribution >= 4 is 6.03 Å². The van der Waals surface area contributed by atoms with E-state index in [1.54, 1.807) is 19.1 Å². The Morgan fingerprint density at radius 3 is 2.72 bits per heavy atom. The number of benzene rings is 1. The SMILES string of the molecule is C[C@H](NC(=O)NCc1nc(C2CC2)no1)c1ccc(OC(F)F)cc1. The lowest BCUT2D eigenvalue weighted by Gasteiger charge is -2.15. The first-order valence-corrected chi connectivity index (χ1v) is 7.93. The van der Waals surface area contributed by atoms with E-state index in [-0.39, 0.29) is 18.3 Å². The lowest BCUT2D eigenvalue weighted by molar-refractivity contribution is -0.0498. The molecule has 1 aliphatic rings. The Kier molecular flexibility index (Phi) is 5.11. The second-order valence-electron chi connectivity index (χ2n) is 5.82. The molecule has 1 atom stereocenters. The van der Waals surface area contributed by atoms with Gasteiger partial charge in [-0.05, 0) is 37.5 Å². The number of nitrogens with one attached hydrogen (secondary N) is 2. The molecule has 0 bridgehead atoms. The molecule has 0 unspecified atom stereocenters. The number of halogens is 2. The van der Waals surface area contributed by atoms with E-state index in [0.717, 1.165) is 18.4 Å². The molecule has 2 amide bonds. The van der Waals surface area contributed by atoms with Crippen LogP contribution in [0.25, 0.3) is 0 Å². The molecule has 7 nitrogen and oxygen atoms in total. The topological polar surface area (TPSA) is 89.3 Å². The van der Waals surface area contributed by atoms with E-state index < -0.39 is 12.6 Å². The second kappa shape index (κ2) is 7.45. The smallest absolute Gasteiger partial charge is 0.387 e. The van der Waals surface area contributed by atoms with Crippen molar-refractivity contribution in [2.45, 2.75) is 44.9 Å². The minimum Gasteiger partial charge on any atom is -0.435 e. The average molecular weight is 352 g/mol. The molecule has 2 N–H and O–H groups in total. The third-order valence-electron chi connectivity index (χ3n) is 3.78. The summed E-state index contributed by atoms with van der Waals surface area (Å²) in [5.41, 5.74) is 0.755. The summed E-state index contributed by atoms with van der Waals surface area (Å²) in [6, 6.07) is 5.37. The standard InChI is InChI=1S/C16H18F2N4O3/c1-9(10-4-6-12(7-5-10)24-15(17)18)20-16(23)19-8-13-21-14(22-25-13)11-2-3-11/h4-7,9,11,15H,2-3,8H2,1H3,(H2,19,20,23)/t9-/m0/s1. The predicted octanol–water partition coefficient (Wildman–Crippen LogP) is 3.11. The van der Waals surface area contributed by atoms with Crippen molar-refractivity contribution in [3.8, 4) is 5.75 Å². The Hall–Kier alpha value is -2.71. The maximum atomic E-state index is 12.1. The van der Waals surface area contributed by atoms with Crippen molar-refractivity contribution in [3.63, 3.8) is 0 Å². The highest BCUT2D eigenvalue weighted by Crippen LogP contribution is 2.38. The number of urea groups is 1. The van der Waals surface area contributed by atoms with Gasteiger partial charge in [0.2, 0.25) is 5.89 Å². The molecule has 1 heterocycles. The largest absolute Gasteiger partial charge is 0.435 e. The van der Waals surface area contributed by atoms with Gasteiger partial charge < -0.3 is 19.9 Å². The molecule has 3 rings (SSSR count). The number of alkyl halides is 2. The molecular weight excluding hydrogens is 334 g/mol. The minimum atomic E-state index is -2.86. The van der Waals surface area contributed by atoms with Crippen LogP contribution in [0.1, 0.15) is 49.0 Å². The fourth-order valence-electron chi connectivity index (χ4n) is 2.27. The van der Waals surface area contributed by atoms with Crippen molar-refractivity contribution in [2.24, 2.45) is 0 Å². The molecule has 1 saturated carbocycles. The van der Waals surface area contributed by atoms with Crippen LogP contribution in [0.2, 0.25) is 0 Å². The molecule has 2 aromatic rings. The zero-order valence-corrected chi connectivity index (χ0v) is 13.5. The summed E-state index contributed by atoms with van der Waals surface area (Å²) in [7, 11) is 0. The zero-order chi connectivity index (χ0) is 17.8. The number of nitrogens with zero attached hydrogens (tertiary/aromatic N) is 2. The van der Waals surface area contributed by atoms with Crippen molar-refractivity contribution in [2.75, 3.05) is 0 Å². The highest BCUT2D eigenvalue weighted by Gasteiger charge is 2.28. The second-order valence-corrected chi connectivity index (χ2v) is 5.82. The van der Waals surface area contributed by atoms with Crippen LogP contribution in [0.3, 0.4) is 0 Å². The summed E-state index contributed by atoms with van der Waals surface area (Å²) in [4.78, 5) is 16.1. The van der Waals surface area contributed by atoms with Crippen LogP contribution >= 0.6 is 0 Å². The summed E-state index contributed by atoms with van der Waals surface area (Å²) in [5.74, 6) is 1.51. The van der Waals surface area contributed by atoms with E-state index in [2.05, 4.69) is 25.5 Å². The number of hydrogen-bond acceptors (Lipinski definition) is 5. The summed E-state index contributed by atoms with van der Waals surface area (Å²) in [6.45, 7) is -0.947. The number of carbonyl (C=O) groups is 1. The number of hydrogen-bond donors (Lipinski definition) is 2. The van der Waals surface area contributed by atoms with Crippen LogP contribution in [-0.4, -0.2) is 22.8 Å². The molecule has 0 spiro atoms. The maximum absolute atomic E-state index is 12.1. The van der Waals surface area contributed by atoms with Gasteiger partial charge in [-0.1, -0.05) is 17.3 Å².